The summed E-state index contributed by atoms with van der Waals surface area (Å²) in [6, 6.07) is 11.3. The average Bonchev–Trinajstić information content (AvgIpc) is 2.41. The summed E-state index contributed by atoms with van der Waals surface area (Å²) >= 11 is 5.89. The summed E-state index contributed by atoms with van der Waals surface area (Å²) in [6.45, 7) is 0.351. The number of carbonyl (C=O) groups excluding carboxylic acids is 1. The van der Waals surface area contributed by atoms with Crippen molar-refractivity contribution in [2.24, 2.45) is 0 Å². The van der Waals surface area contributed by atoms with Gasteiger partial charge in [0, 0.05) is 19.3 Å². The minimum absolute atomic E-state index is 0.105. The molecule has 0 aliphatic heterocycles. The Morgan fingerprint density at radius 1 is 1.25 bits per heavy atom. The van der Waals surface area contributed by atoms with Gasteiger partial charge in [-0.1, -0.05) is 29.8 Å². The first-order chi connectivity index (χ1) is 9.49. The van der Waals surface area contributed by atoms with Crippen LogP contribution in [0.1, 0.15) is 15.9 Å². The lowest BCUT2D eigenvalue weighted by molar-refractivity contribution is 0.0780. The van der Waals surface area contributed by atoms with Gasteiger partial charge >= 0.3 is 0 Å². The van der Waals surface area contributed by atoms with Crippen LogP contribution in [0.25, 0.3) is 0 Å². The maximum Gasteiger partial charge on any atom is 0.258 e. The van der Waals surface area contributed by atoms with Crippen LogP contribution in [0.2, 0.25) is 5.02 Å². The van der Waals surface area contributed by atoms with Crippen LogP contribution in [0.4, 0.5) is 10.1 Å². The number of halogens is 2. The predicted molar refractivity (Wildman–Crippen MR) is 78.1 cm³/mol. The molecule has 2 rings (SSSR count). The second-order valence-electron chi connectivity index (χ2n) is 4.50. The number of benzene rings is 2. The molecular formula is C15H14ClFN2O. The van der Waals surface area contributed by atoms with E-state index >= 15 is 0 Å². The fourth-order valence-corrected chi connectivity index (χ4v) is 2.11. The molecule has 0 spiro atoms. The maximum absolute atomic E-state index is 13.7. The van der Waals surface area contributed by atoms with E-state index in [1.807, 2.05) is 12.1 Å². The van der Waals surface area contributed by atoms with Crippen LogP contribution in [0, 0.1) is 5.82 Å². The molecule has 5 heteroatoms. The zero-order valence-corrected chi connectivity index (χ0v) is 11.7. The second kappa shape index (κ2) is 5.92. The van der Waals surface area contributed by atoms with Crippen molar-refractivity contribution in [3.05, 3.63) is 64.4 Å². The summed E-state index contributed by atoms with van der Waals surface area (Å²) in [4.78, 5) is 13.6. The summed E-state index contributed by atoms with van der Waals surface area (Å²) in [5.74, 6) is -1.07. The Morgan fingerprint density at radius 3 is 2.50 bits per heavy atom. The Bertz CT molecular complexity index is 608. The van der Waals surface area contributed by atoms with Crippen molar-refractivity contribution in [2.45, 2.75) is 6.54 Å². The van der Waals surface area contributed by atoms with Crippen LogP contribution in [0.15, 0.2) is 42.5 Å². The molecule has 0 fully saturated rings. The normalized spacial score (nSPS) is 10.3. The fraction of sp³-hybridized carbons (Fsp3) is 0.133. The van der Waals surface area contributed by atoms with E-state index in [1.165, 1.54) is 23.1 Å². The minimum atomic E-state index is -0.619. The van der Waals surface area contributed by atoms with Gasteiger partial charge < -0.3 is 10.6 Å². The van der Waals surface area contributed by atoms with E-state index in [2.05, 4.69) is 0 Å². The van der Waals surface area contributed by atoms with Crippen LogP contribution in [0.5, 0.6) is 0 Å². The highest BCUT2D eigenvalue weighted by Gasteiger charge is 2.19. The van der Waals surface area contributed by atoms with Crippen molar-refractivity contribution in [3.63, 3.8) is 0 Å². The highest BCUT2D eigenvalue weighted by molar-refractivity contribution is 6.33. The smallest absolute Gasteiger partial charge is 0.258 e. The van der Waals surface area contributed by atoms with Crippen LogP contribution in [-0.2, 0) is 6.54 Å². The largest absolute Gasteiger partial charge is 0.399 e. The average molecular weight is 293 g/mol. The summed E-state index contributed by atoms with van der Waals surface area (Å²) in [6.07, 6.45) is 0. The minimum Gasteiger partial charge on any atom is -0.399 e. The molecule has 0 saturated carbocycles. The van der Waals surface area contributed by atoms with E-state index in [0.717, 1.165) is 5.56 Å². The zero-order valence-electron chi connectivity index (χ0n) is 10.9. The lowest BCUT2D eigenvalue weighted by Crippen LogP contribution is -2.27. The van der Waals surface area contributed by atoms with Crippen molar-refractivity contribution < 1.29 is 9.18 Å². The Balaban J connectivity index is 2.18. The van der Waals surface area contributed by atoms with Crippen LogP contribution in [0.3, 0.4) is 0 Å². The molecule has 20 heavy (non-hydrogen) atoms. The SMILES string of the molecule is CN(Cc1ccc(N)cc1)C(=O)c1c(F)cccc1Cl. The third-order valence-corrected chi connectivity index (χ3v) is 3.24. The summed E-state index contributed by atoms with van der Waals surface area (Å²) in [5, 5.41) is 0.110. The molecule has 104 valence electrons. The quantitative estimate of drug-likeness (QED) is 0.882. The van der Waals surface area contributed by atoms with Crippen molar-refractivity contribution in [2.75, 3.05) is 12.8 Å². The first-order valence-corrected chi connectivity index (χ1v) is 6.40. The van der Waals surface area contributed by atoms with Gasteiger partial charge in [0.1, 0.15) is 5.82 Å². The van der Waals surface area contributed by atoms with E-state index in [0.29, 0.717) is 12.2 Å². The molecule has 2 aromatic rings. The van der Waals surface area contributed by atoms with Crippen molar-refractivity contribution in [1.29, 1.82) is 0 Å². The summed E-state index contributed by atoms with van der Waals surface area (Å²) in [5.41, 5.74) is 7.05. The molecule has 0 aromatic heterocycles. The third-order valence-electron chi connectivity index (χ3n) is 2.92. The van der Waals surface area contributed by atoms with E-state index in [9.17, 15) is 9.18 Å². The first kappa shape index (κ1) is 14.3. The Hall–Kier alpha value is -2.07. The number of amides is 1. The van der Waals surface area contributed by atoms with Gasteiger partial charge in [-0.3, -0.25) is 4.79 Å². The number of nitrogens with two attached hydrogens (primary N) is 1. The molecule has 1 amide bonds. The molecule has 0 bridgehead atoms. The Labute approximate surface area is 121 Å². The van der Waals surface area contributed by atoms with E-state index in [1.54, 1.807) is 19.2 Å². The molecule has 0 atom stereocenters. The molecule has 0 aliphatic carbocycles. The van der Waals surface area contributed by atoms with Crippen molar-refractivity contribution in [3.8, 4) is 0 Å². The molecule has 3 nitrogen and oxygen atoms in total. The second-order valence-corrected chi connectivity index (χ2v) is 4.91. The van der Waals surface area contributed by atoms with Gasteiger partial charge in [-0.25, -0.2) is 4.39 Å². The molecule has 0 unspecified atom stereocenters. The van der Waals surface area contributed by atoms with Gasteiger partial charge in [0.15, 0.2) is 0 Å². The number of nitrogens with zero attached hydrogens (tertiary/aromatic N) is 1. The third kappa shape index (κ3) is 3.08. The topological polar surface area (TPSA) is 46.3 Å². The van der Waals surface area contributed by atoms with Crippen molar-refractivity contribution >= 4 is 23.2 Å². The summed E-state index contributed by atoms with van der Waals surface area (Å²) in [7, 11) is 1.60. The monoisotopic (exact) mass is 292 g/mol. The number of rotatable bonds is 3. The molecular weight excluding hydrogens is 279 g/mol. The standard InChI is InChI=1S/C15H14ClFN2O/c1-19(9-10-5-7-11(18)8-6-10)15(20)14-12(16)3-2-4-13(14)17/h2-8H,9,18H2,1H3. The van der Waals surface area contributed by atoms with Gasteiger partial charge in [0.05, 0.1) is 10.6 Å². The van der Waals surface area contributed by atoms with Crippen molar-refractivity contribution in [1.82, 2.24) is 4.90 Å². The number of hydrogen-bond acceptors (Lipinski definition) is 2. The van der Waals surface area contributed by atoms with Crippen LogP contribution >= 0.6 is 11.6 Å². The molecule has 0 aliphatic rings. The van der Waals surface area contributed by atoms with Crippen LogP contribution in [-0.4, -0.2) is 17.9 Å². The van der Waals surface area contributed by atoms with Gasteiger partial charge in [0.25, 0.3) is 5.91 Å². The highest BCUT2D eigenvalue weighted by Crippen LogP contribution is 2.21. The fourth-order valence-electron chi connectivity index (χ4n) is 1.86. The highest BCUT2D eigenvalue weighted by atomic mass is 35.5. The lowest BCUT2D eigenvalue weighted by Gasteiger charge is -2.18. The van der Waals surface area contributed by atoms with E-state index < -0.39 is 11.7 Å². The summed E-state index contributed by atoms with van der Waals surface area (Å²) < 4.78 is 13.7. The number of nitrogen functional groups attached to an aromatic ring is 1. The molecule has 0 saturated heterocycles. The zero-order chi connectivity index (χ0) is 14.7. The van der Waals surface area contributed by atoms with Gasteiger partial charge in [-0.05, 0) is 29.8 Å². The predicted octanol–water partition coefficient (Wildman–Crippen LogP) is 3.33. The Morgan fingerprint density at radius 2 is 1.90 bits per heavy atom. The lowest BCUT2D eigenvalue weighted by atomic mass is 10.1. The Kier molecular flexibility index (Phi) is 4.25. The van der Waals surface area contributed by atoms with Gasteiger partial charge in [-0.15, -0.1) is 0 Å². The van der Waals surface area contributed by atoms with Crippen LogP contribution < -0.4 is 5.73 Å². The number of anilines is 1. The molecule has 0 radical (unpaired) electrons. The van der Waals surface area contributed by atoms with E-state index in [4.69, 9.17) is 17.3 Å². The number of carbonyl (C=O) groups is 1. The number of hydrogen-bond donors (Lipinski definition) is 1. The first-order valence-electron chi connectivity index (χ1n) is 6.03. The van der Waals surface area contributed by atoms with Gasteiger partial charge in [0.2, 0.25) is 0 Å². The molecule has 2 N–H and O–H groups in total. The van der Waals surface area contributed by atoms with E-state index in [-0.39, 0.29) is 10.6 Å². The maximum atomic E-state index is 13.7. The molecule has 2 aromatic carbocycles. The van der Waals surface area contributed by atoms with Gasteiger partial charge in [-0.2, -0.15) is 0 Å². The molecule has 0 heterocycles.